The number of amides is 1. The highest BCUT2D eigenvalue weighted by Gasteiger charge is 2.30. The first-order chi connectivity index (χ1) is 12.7. The number of carbonyl (C=O) groups is 1. The predicted molar refractivity (Wildman–Crippen MR) is 102 cm³/mol. The summed E-state index contributed by atoms with van der Waals surface area (Å²) in [6, 6.07) is 5.85. The normalized spacial score (nSPS) is 15.0. The van der Waals surface area contributed by atoms with Crippen molar-refractivity contribution in [2.75, 3.05) is 31.1 Å². The molecule has 0 radical (unpaired) electrons. The van der Waals surface area contributed by atoms with E-state index in [-0.39, 0.29) is 16.3 Å². The minimum absolute atomic E-state index is 0.0126. The SMILES string of the molecule is CC(C)(C)C(=O)N1CCN(c2cc(Oc3ccc(F)c(Cl)c3)ncn2)CC1. The summed E-state index contributed by atoms with van der Waals surface area (Å²) >= 11 is 5.78. The number of ether oxygens (including phenoxy) is 1. The van der Waals surface area contributed by atoms with Gasteiger partial charge in [0.2, 0.25) is 11.8 Å². The maximum absolute atomic E-state index is 13.3. The van der Waals surface area contributed by atoms with Crippen molar-refractivity contribution in [1.82, 2.24) is 14.9 Å². The fraction of sp³-hybridized carbons (Fsp3) is 0.421. The topological polar surface area (TPSA) is 58.6 Å². The second kappa shape index (κ2) is 7.68. The number of rotatable bonds is 3. The molecule has 0 N–H and O–H groups in total. The Labute approximate surface area is 162 Å². The molecule has 0 unspecified atom stereocenters. The lowest BCUT2D eigenvalue weighted by Gasteiger charge is -2.38. The third-order valence-corrected chi connectivity index (χ3v) is 4.56. The highest BCUT2D eigenvalue weighted by atomic mass is 35.5. The maximum atomic E-state index is 13.3. The average Bonchev–Trinajstić information content (AvgIpc) is 2.64. The number of benzene rings is 1. The lowest BCUT2D eigenvalue weighted by molar-refractivity contribution is -0.139. The van der Waals surface area contributed by atoms with E-state index < -0.39 is 5.82 Å². The van der Waals surface area contributed by atoms with E-state index in [1.807, 2.05) is 25.7 Å². The van der Waals surface area contributed by atoms with E-state index in [0.717, 1.165) is 5.82 Å². The van der Waals surface area contributed by atoms with Gasteiger partial charge in [0.25, 0.3) is 0 Å². The third kappa shape index (κ3) is 4.66. The highest BCUT2D eigenvalue weighted by molar-refractivity contribution is 6.30. The molecule has 8 heteroatoms. The molecule has 1 aliphatic heterocycles. The lowest BCUT2D eigenvalue weighted by atomic mass is 9.94. The summed E-state index contributed by atoms with van der Waals surface area (Å²) in [5.41, 5.74) is -0.380. The largest absolute Gasteiger partial charge is 0.439 e. The summed E-state index contributed by atoms with van der Waals surface area (Å²) in [7, 11) is 0. The molecule has 1 amide bonds. The van der Waals surface area contributed by atoms with E-state index in [9.17, 15) is 9.18 Å². The van der Waals surface area contributed by atoms with Gasteiger partial charge in [-0.25, -0.2) is 14.4 Å². The van der Waals surface area contributed by atoms with Crippen molar-refractivity contribution < 1.29 is 13.9 Å². The van der Waals surface area contributed by atoms with Crippen LogP contribution in [0.3, 0.4) is 0 Å². The average molecular weight is 393 g/mol. The Balaban J connectivity index is 1.66. The van der Waals surface area contributed by atoms with E-state index in [2.05, 4.69) is 14.9 Å². The quantitative estimate of drug-likeness (QED) is 0.796. The summed E-state index contributed by atoms with van der Waals surface area (Å²) in [6.45, 7) is 8.43. The van der Waals surface area contributed by atoms with Crippen LogP contribution in [0.2, 0.25) is 5.02 Å². The third-order valence-electron chi connectivity index (χ3n) is 4.27. The van der Waals surface area contributed by atoms with Crippen molar-refractivity contribution in [1.29, 1.82) is 0 Å². The zero-order chi connectivity index (χ0) is 19.6. The van der Waals surface area contributed by atoms with Gasteiger partial charge in [0.15, 0.2) is 0 Å². The van der Waals surface area contributed by atoms with Crippen LogP contribution in [0.5, 0.6) is 11.6 Å². The van der Waals surface area contributed by atoms with Gasteiger partial charge < -0.3 is 14.5 Å². The smallest absolute Gasteiger partial charge is 0.228 e. The number of aromatic nitrogens is 2. The van der Waals surface area contributed by atoms with Crippen LogP contribution in [0.1, 0.15) is 20.8 Å². The zero-order valence-electron chi connectivity index (χ0n) is 15.6. The van der Waals surface area contributed by atoms with Crippen molar-refractivity contribution in [2.45, 2.75) is 20.8 Å². The Hall–Kier alpha value is -2.41. The van der Waals surface area contributed by atoms with Crippen LogP contribution >= 0.6 is 11.6 Å². The first-order valence-corrected chi connectivity index (χ1v) is 9.11. The molecule has 0 aliphatic carbocycles. The Bertz CT molecular complexity index is 833. The van der Waals surface area contributed by atoms with Crippen LogP contribution in [-0.2, 0) is 4.79 Å². The summed E-state index contributed by atoms with van der Waals surface area (Å²) in [4.78, 5) is 24.8. The van der Waals surface area contributed by atoms with Crippen LogP contribution in [0, 0.1) is 11.2 Å². The van der Waals surface area contributed by atoms with E-state index in [0.29, 0.717) is 37.8 Å². The molecule has 1 saturated heterocycles. The molecule has 2 aromatic rings. The van der Waals surface area contributed by atoms with Gasteiger partial charge in [-0.1, -0.05) is 32.4 Å². The summed E-state index contributed by atoms with van der Waals surface area (Å²) in [5.74, 6) is 1.11. The van der Waals surface area contributed by atoms with E-state index in [1.54, 1.807) is 6.07 Å². The van der Waals surface area contributed by atoms with E-state index in [1.165, 1.54) is 24.5 Å². The van der Waals surface area contributed by atoms with Gasteiger partial charge in [0.1, 0.15) is 23.7 Å². The fourth-order valence-corrected chi connectivity index (χ4v) is 3.00. The number of carbonyl (C=O) groups excluding carboxylic acids is 1. The Kier molecular flexibility index (Phi) is 5.51. The number of halogens is 2. The van der Waals surface area contributed by atoms with E-state index >= 15 is 0 Å². The number of nitrogens with zero attached hydrogens (tertiary/aromatic N) is 4. The molecule has 0 atom stereocenters. The molecule has 1 aliphatic rings. The van der Waals surface area contributed by atoms with Crippen molar-refractivity contribution >= 4 is 23.3 Å². The molecule has 0 spiro atoms. The molecule has 2 heterocycles. The molecule has 0 bridgehead atoms. The monoisotopic (exact) mass is 392 g/mol. The summed E-state index contributed by atoms with van der Waals surface area (Å²) < 4.78 is 18.9. The Morgan fingerprint density at radius 1 is 1.15 bits per heavy atom. The molecule has 1 aromatic carbocycles. The molecule has 1 fully saturated rings. The molecular weight excluding hydrogens is 371 g/mol. The minimum Gasteiger partial charge on any atom is -0.439 e. The van der Waals surface area contributed by atoms with Crippen LogP contribution in [0.15, 0.2) is 30.6 Å². The van der Waals surface area contributed by atoms with Gasteiger partial charge in [0.05, 0.1) is 5.02 Å². The first kappa shape index (κ1) is 19.4. The second-order valence-electron chi connectivity index (χ2n) is 7.42. The van der Waals surface area contributed by atoms with Gasteiger partial charge in [-0.15, -0.1) is 0 Å². The zero-order valence-corrected chi connectivity index (χ0v) is 16.3. The Morgan fingerprint density at radius 2 is 1.85 bits per heavy atom. The fourth-order valence-electron chi connectivity index (χ4n) is 2.83. The lowest BCUT2D eigenvalue weighted by Crippen LogP contribution is -2.51. The Morgan fingerprint density at radius 3 is 2.48 bits per heavy atom. The van der Waals surface area contributed by atoms with Crippen molar-refractivity contribution in [3.63, 3.8) is 0 Å². The maximum Gasteiger partial charge on any atom is 0.228 e. The molecule has 3 rings (SSSR count). The standard InChI is InChI=1S/C19H22ClFN4O2/c1-19(2,3)18(26)25-8-6-24(7-9-25)16-11-17(23-12-22-16)27-13-4-5-15(21)14(20)10-13/h4-5,10-12H,6-9H2,1-3H3. The molecule has 0 saturated carbocycles. The van der Waals surface area contributed by atoms with Gasteiger partial charge in [0, 0.05) is 43.7 Å². The molecule has 1 aromatic heterocycles. The predicted octanol–water partition coefficient (Wildman–Crippen LogP) is 3.76. The van der Waals surface area contributed by atoms with Crippen LogP contribution in [0.25, 0.3) is 0 Å². The van der Waals surface area contributed by atoms with Crippen molar-refractivity contribution in [2.24, 2.45) is 5.41 Å². The molecular formula is C19H22ClFN4O2. The summed E-state index contributed by atoms with van der Waals surface area (Å²) in [6.07, 6.45) is 1.42. The molecule has 6 nitrogen and oxygen atoms in total. The van der Waals surface area contributed by atoms with E-state index in [4.69, 9.17) is 16.3 Å². The number of piperazine rings is 1. The summed E-state index contributed by atoms with van der Waals surface area (Å²) in [5, 5.41) is -0.0126. The van der Waals surface area contributed by atoms with Crippen LogP contribution < -0.4 is 9.64 Å². The van der Waals surface area contributed by atoms with Crippen LogP contribution in [-0.4, -0.2) is 47.0 Å². The van der Waals surface area contributed by atoms with Gasteiger partial charge in [-0.2, -0.15) is 0 Å². The minimum atomic E-state index is -0.505. The van der Waals surface area contributed by atoms with Gasteiger partial charge >= 0.3 is 0 Å². The van der Waals surface area contributed by atoms with Gasteiger partial charge in [-0.3, -0.25) is 4.79 Å². The molecule has 27 heavy (non-hydrogen) atoms. The van der Waals surface area contributed by atoms with Crippen LogP contribution in [0.4, 0.5) is 10.2 Å². The second-order valence-corrected chi connectivity index (χ2v) is 7.83. The van der Waals surface area contributed by atoms with Crippen molar-refractivity contribution in [3.05, 3.63) is 41.4 Å². The van der Waals surface area contributed by atoms with Crippen molar-refractivity contribution in [3.8, 4) is 11.6 Å². The number of anilines is 1. The van der Waals surface area contributed by atoms with Gasteiger partial charge in [-0.05, 0) is 12.1 Å². The number of hydrogen-bond donors (Lipinski definition) is 0. The molecule has 144 valence electrons. The first-order valence-electron chi connectivity index (χ1n) is 8.73. The number of hydrogen-bond acceptors (Lipinski definition) is 5. The highest BCUT2D eigenvalue weighted by Crippen LogP contribution is 2.27.